The highest BCUT2D eigenvalue weighted by molar-refractivity contribution is 5.69. The number of aromatic nitrogens is 4. The lowest BCUT2D eigenvalue weighted by atomic mass is 10.3. The molecule has 11 nitrogen and oxygen atoms in total. The van der Waals surface area contributed by atoms with E-state index in [0.717, 1.165) is 45.8 Å². The van der Waals surface area contributed by atoms with Crippen LogP contribution in [-0.4, -0.2) is 75.3 Å². The van der Waals surface area contributed by atoms with Gasteiger partial charge in [-0.05, 0) is 6.42 Å². The van der Waals surface area contributed by atoms with E-state index >= 15 is 0 Å². The first-order valence-electron chi connectivity index (χ1n) is 8.97. The Morgan fingerprint density at radius 1 is 1.15 bits per heavy atom. The number of hydrogen-bond donors (Lipinski definition) is 2. The second-order valence-electron chi connectivity index (χ2n) is 6.14. The Labute approximate surface area is 156 Å². The van der Waals surface area contributed by atoms with Crippen molar-refractivity contribution >= 4 is 17.3 Å². The first kappa shape index (κ1) is 19.0. The molecule has 11 heteroatoms. The zero-order valence-corrected chi connectivity index (χ0v) is 15.1. The molecule has 27 heavy (non-hydrogen) atoms. The Morgan fingerprint density at radius 2 is 1.89 bits per heavy atom. The van der Waals surface area contributed by atoms with E-state index in [0.29, 0.717) is 13.1 Å². The molecule has 1 saturated heterocycles. The quantitative estimate of drug-likeness (QED) is 0.352. The summed E-state index contributed by atoms with van der Waals surface area (Å²) in [6, 6.07) is 0. The van der Waals surface area contributed by atoms with Gasteiger partial charge in [0.2, 0.25) is 11.6 Å². The zero-order valence-electron chi connectivity index (χ0n) is 15.1. The van der Waals surface area contributed by atoms with Gasteiger partial charge in [-0.1, -0.05) is 0 Å². The number of nitrogens with zero attached hydrogens (tertiary/aromatic N) is 6. The third-order valence-corrected chi connectivity index (χ3v) is 4.27. The number of hydrogen-bond acceptors (Lipinski definition) is 9. The van der Waals surface area contributed by atoms with E-state index < -0.39 is 4.92 Å². The number of aryl methyl sites for hydroxylation is 1. The van der Waals surface area contributed by atoms with Gasteiger partial charge in [0.05, 0.1) is 24.5 Å². The SMILES string of the molecule is O=[N+]([O-])c1c(NCCCn2ccnc2)ncnc1NCCN1CCOCC1. The highest BCUT2D eigenvalue weighted by Crippen LogP contribution is 2.28. The highest BCUT2D eigenvalue weighted by atomic mass is 16.6. The summed E-state index contributed by atoms with van der Waals surface area (Å²) in [6.45, 7) is 5.87. The molecule has 3 heterocycles. The van der Waals surface area contributed by atoms with E-state index in [2.05, 4.69) is 30.5 Å². The van der Waals surface area contributed by atoms with Gasteiger partial charge in [0.25, 0.3) is 0 Å². The topological polar surface area (TPSA) is 123 Å². The summed E-state index contributed by atoms with van der Waals surface area (Å²) in [5.74, 6) is 0.467. The maximum absolute atomic E-state index is 11.5. The van der Waals surface area contributed by atoms with Crippen molar-refractivity contribution in [1.29, 1.82) is 0 Å². The predicted molar refractivity (Wildman–Crippen MR) is 99.8 cm³/mol. The Bertz CT molecular complexity index is 718. The van der Waals surface area contributed by atoms with Crippen LogP contribution in [0.15, 0.2) is 25.0 Å². The molecule has 0 unspecified atom stereocenters. The Morgan fingerprint density at radius 3 is 2.56 bits per heavy atom. The molecule has 0 saturated carbocycles. The highest BCUT2D eigenvalue weighted by Gasteiger charge is 2.22. The van der Waals surface area contributed by atoms with Crippen molar-refractivity contribution in [3.05, 3.63) is 35.2 Å². The minimum Gasteiger partial charge on any atom is -0.379 e. The average Bonchev–Trinajstić information content (AvgIpc) is 3.19. The van der Waals surface area contributed by atoms with E-state index in [1.165, 1.54) is 6.33 Å². The van der Waals surface area contributed by atoms with Crippen LogP contribution in [0.2, 0.25) is 0 Å². The van der Waals surface area contributed by atoms with Crippen LogP contribution in [0.1, 0.15) is 6.42 Å². The molecule has 0 radical (unpaired) electrons. The second-order valence-corrected chi connectivity index (χ2v) is 6.14. The molecule has 3 rings (SSSR count). The Balaban J connectivity index is 1.53. The summed E-state index contributed by atoms with van der Waals surface area (Å²) < 4.78 is 7.27. The molecule has 1 aliphatic rings. The smallest absolute Gasteiger partial charge is 0.353 e. The fraction of sp³-hybridized carbons (Fsp3) is 0.562. The summed E-state index contributed by atoms with van der Waals surface area (Å²) >= 11 is 0. The van der Waals surface area contributed by atoms with Gasteiger partial charge in [-0.3, -0.25) is 15.0 Å². The molecular formula is C16H24N8O3. The molecule has 146 valence electrons. The third-order valence-electron chi connectivity index (χ3n) is 4.27. The van der Waals surface area contributed by atoms with Crippen LogP contribution >= 0.6 is 0 Å². The van der Waals surface area contributed by atoms with Gasteiger partial charge in [0.1, 0.15) is 6.33 Å². The van der Waals surface area contributed by atoms with Crippen molar-refractivity contribution in [3.63, 3.8) is 0 Å². The van der Waals surface area contributed by atoms with Crippen molar-refractivity contribution in [2.45, 2.75) is 13.0 Å². The summed E-state index contributed by atoms with van der Waals surface area (Å²) in [7, 11) is 0. The largest absolute Gasteiger partial charge is 0.379 e. The van der Waals surface area contributed by atoms with E-state index in [-0.39, 0.29) is 17.3 Å². The number of imidazole rings is 1. The third kappa shape index (κ3) is 5.59. The molecule has 2 aromatic heterocycles. The maximum atomic E-state index is 11.5. The summed E-state index contributed by atoms with van der Waals surface area (Å²) in [6.07, 6.45) is 7.46. The lowest BCUT2D eigenvalue weighted by Gasteiger charge is -2.26. The van der Waals surface area contributed by atoms with Gasteiger partial charge in [0, 0.05) is 51.7 Å². The van der Waals surface area contributed by atoms with Crippen LogP contribution in [0.4, 0.5) is 17.3 Å². The first-order chi connectivity index (χ1) is 13.2. The van der Waals surface area contributed by atoms with Gasteiger partial charge < -0.3 is 19.9 Å². The standard InChI is InChI=1S/C16H24N8O3/c25-24(26)14-15(18-2-1-5-23-6-3-17-13-23)20-12-21-16(14)19-4-7-22-8-10-27-11-9-22/h3,6,12-13H,1-2,4-5,7-11H2,(H2,18,19,20,21). The number of nitrogens with one attached hydrogen (secondary N) is 2. The van der Waals surface area contributed by atoms with Crippen LogP contribution in [-0.2, 0) is 11.3 Å². The van der Waals surface area contributed by atoms with Crippen LogP contribution in [0, 0.1) is 10.1 Å². The van der Waals surface area contributed by atoms with E-state index in [4.69, 9.17) is 4.74 Å². The maximum Gasteiger partial charge on any atom is 0.353 e. The second kappa shape index (κ2) is 9.78. The predicted octanol–water partition coefficient (Wildman–Crippen LogP) is 0.828. The van der Waals surface area contributed by atoms with Crippen LogP contribution in [0.3, 0.4) is 0 Å². The van der Waals surface area contributed by atoms with Gasteiger partial charge in [-0.25, -0.2) is 15.0 Å². The van der Waals surface area contributed by atoms with E-state index in [9.17, 15) is 10.1 Å². The van der Waals surface area contributed by atoms with Gasteiger partial charge >= 0.3 is 5.69 Å². The summed E-state index contributed by atoms with van der Waals surface area (Å²) in [4.78, 5) is 25.4. The van der Waals surface area contributed by atoms with Crippen molar-refractivity contribution in [3.8, 4) is 0 Å². The van der Waals surface area contributed by atoms with Crippen molar-refractivity contribution in [2.75, 3.05) is 56.6 Å². The fourth-order valence-electron chi connectivity index (χ4n) is 2.86. The van der Waals surface area contributed by atoms with E-state index in [1.54, 1.807) is 12.5 Å². The zero-order chi connectivity index (χ0) is 18.9. The van der Waals surface area contributed by atoms with Crippen LogP contribution in [0.5, 0.6) is 0 Å². The number of anilines is 2. The first-order valence-corrected chi connectivity index (χ1v) is 8.97. The Hall–Kier alpha value is -2.79. The van der Waals surface area contributed by atoms with Gasteiger partial charge in [-0.15, -0.1) is 0 Å². The minimum absolute atomic E-state index is 0.123. The summed E-state index contributed by atoms with van der Waals surface area (Å²) in [5.41, 5.74) is -0.123. The molecule has 2 N–H and O–H groups in total. The molecule has 0 aliphatic carbocycles. The number of ether oxygens (including phenoxy) is 1. The monoisotopic (exact) mass is 376 g/mol. The molecule has 0 bridgehead atoms. The average molecular weight is 376 g/mol. The van der Waals surface area contributed by atoms with Crippen LogP contribution < -0.4 is 10.6 Å². The molecule has 2 aromatic rings. The fourth-order valence-corrected chi connectivity index (χ4v) is 2.86. The number of morpholine rings is 1. The van der Waals surface area contributed by atoms with Crippen LogP contribution in [0.25, 0.3) is 0 Å². The molecular weight excluding hydrogens is 352 g/mol. The molecule has 0 atom stereocenters. The molecule has 1 fully saturated rings. The Kier molecular flexibility index (Phi) is 6.88. The summed E-state index contributed by atoms with van der Waals surface area (Å²) in [5, 5.41) is 17.6. The number of rotatable bonds is 10. The van der Waals surface area contributed by atoms with E-state index in [1.807, 2.05) is 10.8 Å². The molecule has 0 amide bonds. The lowest BCUT2D eigenvalue weighted by Crippen LogP contribution is -2.39. The molecule has 1 aliphatic heterocycles. The number of nitro groups is 1. The van der Waals surface area contributed by atoms with Crippen molar-refractivity contribution in [2.24, 2.45) is 0 Å². The van der Waals surface area contributed by atoms with Crippen molar-refractivity contribution in [1.82, 2.24) is 24.4 Å². The minimum atomic E-state index is -0.449. The van der Waals surface area contributed by atoms with Gasteiger partial charge in [0.15, 0.2) is 0 Å². The molecule has 0 aromatic carbocycles. The lowest BCUT2D eigenvalue weighted by molar-refractivity contribution is -0.383. The normalized spacial score (nSPS) is 14.8. The van der Waals surface area contributed by atoms with Gasteiger partial charge in [-0.2, -0.15) is 0 Å². The molecule has 0 spiro atoms. The van der Waals surface area contributed by atoms with Crippen molar-refractivity contribution < 1.29 is 9.66 Å².